The predicted molar refractivity (Wildman–Crippen MR) is 112 cm³/mol. The lowest BCUT2D eigenvalue weighted by atomic mass is 9.84. The lowest BCUT2D eigenvalue weighted by Crippen LogP contribution is -2.46. The summed E-state index contributed by atoms with van der Waals surface area (Å²) in [6, 6.07) is 18.5. The first-order valence-electron chi connectivity index (χ1n) is 10.3. The monoisotopic (exact) mass is 362 g/mol. The first-order valence-corrected chi connectivity index (χ1v) is 10.3. The lowest BCUT2D eigenvalue weighted by Gasteiger charge is -2.29. The van der Waals surface area contributed by atoms with E-state index < -0.39 is 0 Å². The minimum Gasteiger partial charge on any atom is -0.373 e. The number of anilines is 1. The highest BCUT2D eigenvalue weighted by Crippen LogP contribution is 2.49. The second-order valence-electron chi connectivity index (χ2n) is 8.41. The van der Waals surface area contributed by atoms with E-state index in [1.807, 2.05) is 43.3 Å². The molecule has 0 radical (unpaired) electrons. The number of fused-ring (bicyclic) bond motifs is 2. The first kappa shape index (κ1) is 18.1. The van der Waals surface area contributed by atoms with Crippen LogP contribution < -0.4 is 10.6 Å². The minimum absolute atomic E-state index is 0.0909. The summed E-state index contributed by atoms with van der Waals surface area (Å²) >= 11 is 0. The van der Waals surface area contributed by atoms with Crippen LogP contribution in [0.2, 0.25) is 0 Å². The van der Waals surface area contributed by atoms with Crippen LogP contribution in [0.5, 0.6) is 0 Å². The molecule has 2 aliphatic carbocycles. The van der Waals surface area contributed by atoms with Gasteiger partial charge in [-0.25, -0.2) is 0 Å². The van der Waals surface area contributed by atoms with E-state index >= 15 is 0 Å². The highest BCUT2D eigenvalue weighted by Gasteiger charge is 2.42. The molecule has 0 spiro atoms. The number of hydrogen-bond donors (Lipinski definition) is 2. The number of carbonyl (C=O) groups is 1. The smallest absolute Gasteiger partial charge is 0.242 e. The second kappa shape index (κ2) is 7.75. The third-order valence-corrected chi connectivity index (χ3v) is 6.58. The second-order valence-corrected chi connectivity index (χ2v) is 8.41. The number of carbonyl (C=O) groups excluding carboxylic acids is 1. The molecule has 3 nitrogen and oxygen atoms in total. The van der Waals surface area contributed by atoms with Crippen molar-refractivity contribution in [3.63, 3.8) is 0 Å². The van der Waals surface area contributed by atoms with Crippen LogP contribution >= 0.6 is 0 Å². The van der Waals surface area contributed by atoms with Crippen molar-refractivity contribution < 1.29 is 4.79 Å². The third-order valence-electron chi connectivity index (χ3n) is 6.58. The van der Waals surface area contributed by atoms with Crippen LogP contribution in [-0.2, 0) is 4.79 Å². The van der Waals surface area contributed by atoms with Gasteiger partial charge < -0.3 is 10.6 Å². The maximum absolute atomic E-state index is 12.8. The zero-order valence-corrected chi connectivity index (χ0v) is 16.3. The summed E-state index contributed by atoms with van der Waals surface area (Å²) in [5, 5.41) is 6.71. The molecule has 0 aromatic heterocycles. The minimum atomic E-state index is -0.268. The Kier molecular flexibility index (Phi) is 5.20. The molecule has 2 bridgehead atoms. The average molecular weight is 363 g/mol. The van der Waals surface area contributed by atoms with Crippen LogP contribution in [0.25, 0.3) is 11.1 Å². The van der Waals surface area contributed by atoms with E-state index in [9.17, 15) is 4.79 Å². The van der Waals surface area contributed by atoms with Gasteiger partial charge >= 0.3 is 0 Å². The predicted octanol–water partition coefficient (Wildman–Crippen LogP) is 5.09. The Bertz CT molecular complexity index is 788. The molecule has 0 saturated heterocycles. The number of amides is 1. The third kappa shape index (κ3) is 3.87. The normalized spacial score (nSPS) is 25.8. The van der Waals surface area contributed by atoms with Crippen molar-refractivity contribution in [3.8, 4) is 11.1 Å². The molecule has 2 saturated carbocycles. The van der Waals surface area contributed by atoms with Crippen LogP contribution in [0.4, 0.5) is 5.69 Å². The summed E-state index contributed by atoms with van der Waals surface area (Å²) in [7, 11) is 0. The van der Waals surface area contributed by atoms with Crippen molar-refractivity contribution in [3.05, 3.63) is 54.6 Å². The zero-order chi connectivity index (χ0) is 18.8. The van der Waals surface area contributed by atoms with Crippen molar-refractivity contribution in [1.82, 2.24) is 5.32 Å². The highest BCUT2D eigenvalue weighted by atomic mass is 16.2. The van der Waals surface area contributed by atoms with Gasteiger partial charge in [-0.1, -0.05) is 55.0 Å². The molecule has 0 aliphatic heterocycles. The fraction of sp³-hybridized carbons (Fsp3) is 0.458. The maximum atomic E-state index is 12.8. The van der Waals surface area contributed by atoms with Crippen LogP contribution in [0.1, 0.15) is 39.5 Å². The molecule has 142 valence electrons. The average Bonchev–Trinajstić information content (AvgIpc) is 3.32. The number of hydrogen-bond acceptors (Lipinski definition) is 2. The van der Waals surface area contributed by atoms with Gasteiger partial charge in [-0.3, -0.25) is 4.79 Å². The molecule has 2 aromatic carbocycles. The van der Waals surface area contributed by atoms with Crippen molar-refractivity contribution in [2.24, 2.45) is 17.8 Å². The van der Waals surface area contributed by atoms with Gasteiger partial charge in [0.15, 0.2) is 0 Å². The van der Waals surface area contributed by atoms with Crippen LogP contribution in [0, 0.1) is 17.8 Å². The van der Waals surface area contributed by atoms with Gasteiger partial charge in [0.1, 0.15) is 6.04 Å². The quantitative estimate of drug-likeness (QED) is 0.751. The van der Waals surface area contributed by atoms with Gasteiger partial charge in [-0.05, 0) is 62.5 Å². The fourth-order valence-electron chi connectivity index (χ4n) is 5.14. The number of para-hydroxylation sites is 1. The lowest BCUT2D eigenvalue weighted by molar-refractivity contribution is -0.122. The van der Waals surface area contributed by atoms with Crippen LogP contribution in [-0.4, -0.2) is 18.0 Å². The molecule has 2 aliphatic rings. The SMILES string of the molecule is C[C@H](Nc1ccccc1-c1ccccc1)C(=O)N[C@H](C)[C@@H]1C[C@H]2CC[C@H]1C2. The Morgan fingerprint density at radius 3 is 2.41 bits per heavy atom. The molecular weight excluding hydrogens is 332 g/mol. The van der Waals surface area contributed by atoms with Gasteiger partial charge in [0, 0.05) is 17.3 Å². The molecular formula is C24H30N2O. The standard InChI is InChI=1S/C24H30N2O/c1-16(22-15-18-12-13-20(22)14-18)26-24(27)17(2)25-23-11-7-6-10-21(23)19-8-4-3-5-9-19/h3-11,16-18,20,22,25H,12-15H2,1-2H3,(H,26,27)/t16-,17+,18+,20+,22+/m1/s1. The summed E-state index contributed by atoms with van der Waals surface area (Å²) in [6.45, 7) is 4.14. The molecule has 27 heavy (non-hydrogen) atoms. The summed E-state index contributed by atoms with van der Waals surface area (Å²) < 4.78 is 0. The van der Waals surface area contributed by atoms with E-state index in [1.54, 1.807) is 0 Å². The van der Waals surface area contributed by atoms with E-state index in [0.717, 1.165) is 28.7 Å². The van der Waals surface area contributed by atoms with Crippen molar-refractivity contribution in [2.75, 3.05) is 5.32 Å². The van der Waals surface area contributed by atoms with Crippen LogP contribution in [0.15, 0.2) is 54.6 Å². The zero-order valence-electron chi connectivity index (χ0n) is 16.3. The Morgan fingerprint density at radius 1 is 0.963 bits per heavy atom. The number of rotatable bonds is 6. The van der Waals surface area contributed by atoms with E-state index in [4.69, 9.17) is 0 Å². The summed E-state index contributed by atoms with van der Waals surface area (Å²) in [5.41, 5.74) is 3.28. The van der Waals surface area contributed by atoms with Gasteiger partial charge in [-0.15, -0.1) is 0 Å². The van der Waals surface area contributed by atoms with E-state index in [1.165, 1.54) is 25.7 Å². The molecule has 3 heteroatoms. The Balaban J connectivity index is 1.40. The molecule has 5 atom stereocenters. The van der Waals surface area contributed by atoms with E-state index in [0.29, 0.717) is 5.92 Å². The maximum Gasteiger partial charge on any atom is 0.242 e. The van der Waals surface area contributed by atoms with E-state index in [-0.39, 0.29) is 18.0 Å². The van der Waals surface area contributed by atoms with Gasteiger partial charge in [0.2, 0.25) is 5.91 Å². The van der Waals surface area contributed by atoms with Gasteiger partial charge in [0.05, 0.1) is 0 Å². The highest BCUT2D eigenvalue weighted by molar-refractivity contribution is 5.87. The Labute approximate surface area is 162 Å². The number of nitrogens with one attached hydrogen (secondary N) is 2. The van der Waals surface area contributed by atoms with Gasteiger partial charge in [-0.2, -0.15) is 0 Å². The first-order chi connectivity index (χ1) is 13.1. The summed E-state index contributed by atoms with van der Waals surface area (Å²) in [4.78, 5) is 12.8. The van der Waals surface area contributed by atoms with Crippen LogP contribution in [0.3, 0.4) is 0 Å². The van der Waals surface area contributed by atoms with Crippen molar-refractivity contribution >= 4 is 11.6 Å². The van der Waals surface area contributed by atoms with E-state index in [2.05, 4.69) is 35.8 Å². The molecule has 2 aromatic rings. The Hall–Kier alpha value is -2.29. The largest absolute Gasteiger partial charge is 0.373 e. The molecule has 4 rings (SSSR count). The molecule has 0 unspecified atom stereocenters. The molecule has 0 heterocycles. The molecule has 2 fully saturated rings. The van der Waals surface area contributed by atoms with Gasteiger partial charge in [0.25, 0.3) is 0 Å². The molecule has 2 N–H and O–H groups in total. The Morgan fingerprint density at radius 2 is 1.70 bits per heavy atom. The van der Waals surface area contributed by atoms with Crippen molar-refractivity contribution in [2.45, 2.75) is 51.6 Å². The molecule has 1 amide bonds. The summed E-state index contributed by atoms with van der Waals surface area (Å²) in [6.07, 6.45) is 5.43. The number of benzene rings is 2. The topological polar surface area (TPSA) is 41.1 Å². The fourth-order valence-corrected chi connectivity index (χ4v) is 5.14. The summed E-state index contributed by atoms with van der Waals surface area (Å²) in [5.74, 6) is 2.49. The van der Waals surface area contributed by atoms with Crippen molar-refractivity contribution in [1.29, 1.82) is 0 Å².